The quantitative estimate of drug-likeness (QED) is 0.735. The van der Waals surface area contributed by atoms with E-state index in [9.17, 15) is 14.4 Å². The van der Waals surface area contributed by atoms with Crippen molar-refractivity contribution in [2.75, 3.05) is 12.4 Å². The van der Waals surface area contributed by atoms with E-state index in [2.05, 4.69) is 10.6 Å². The molecule has 0 aliphatic carbocycles. The van der Waals surface area contributed by atoms with Crippen LogP contribution in [0.4, 0.5) is 5.69 Å². The molecule has 0 saturated heterocycles. The molecule has 0 aliphatic heterocycles. The first-order chi connectivity index (χ1) is 12.9. The van der Waals surface area contributed by atoms with Crippen LogP contribution in [0.1, 0.15) is 41.0 Å². The van der Waals surface area contributed by atoms with Crippen LogP contribution >= 0.6 is 0 Å². The number of benzene rings is 2. The Balaban J connectivity index is 2.02. The Morgan fingerprint density at radius 1 is 0.889 bits per heavy atom. The van der Waals surface area contributed by atoms with Gasteiger partial charge >= 0.3 is 5.97 Å². The Morgan fingerprint density at radius 3 is 2.04 bits per heavy atom. The van der Waals surface area contributed by atoms with E-state index in [0.717, 1.165) is 0 Å². The molecule has 2 aromatic carbocycles. The fraction of sp³-hybridized carbons (Fsp3) is 0.286. The minimum atomic E-state index is -0.694. The predicted molar refractivity (Wildman–Crippen MR) is 104 cm³/mol. The summed E-state index contributed by atoms with van der Waals surface area (Å²) in [5.41, 5.74) is 1.52. The van der Waals surface area contributed by atoms with Gasteiger partial charge in [0.05, 0.1) is 7.11 Å². The number of nitrogens with one attached hydrogen (secondary N) is 2. The molecule has 2 rings (SSSR count). The fourth-order valence-corrected chi connectivity index (χ4v) is 2.57. The van der Waals surface area contributed by atoms with Crippen molar-refractivity contribution < 1.29 is 19.1 Å². The molecule has 1 atom stereocenters. The Morgan fingerprint density at radius 2 is 1.48 bits per heavy atom. The van der Waals surface area contributed by atoms with Crippen molar-refractivity contribution in [3.8, 4) is 0 Å². The van der Waals surface area contributed by atoms with Gasteiger partial charge in [0.25, 0.3) is 11.8 Å². The number of ether oxygens (including phenoxy) is 1. The molecule has 6 heteroatoms. The number of anilines is 1. The van der Waals surface area contributed by atoms with E-state index >= 15 is 0 Å². The van der Waals surface area contributed by atoms with E-state index in [4.69, 9.17) is 4.74 Å². The standard InChI is InChI=1S/C21H24N2O4/c1-14(2)13-18(21(26)27-3)23-20(25)16-9-11-17(12-10-16)22-19(24)15-7-5-4-6-8-15/h4-12,14,18H,13H2,1-3H3,(H,22,24)(H,23,25). The van der Waals surface area contributed by atoms with E-state index in [1.165, 1.54) is 7.11 Å². The van der Waals surface area contributed by atoms with Crippen LogP contribution in [0, 0.1) is 5.92 Å². The van der Waals surface area contributed by atoms with Gasteiger partial charge in [0.15, 0.2) is 0 Å². The average molecular weight is 368 g/mol. The first-order valence-electron chi connectivity index (χ1n) is 8.76. The molecule has 2 aromatic rings. The molecule has 1 unspecified atom stereocenters. The Bertz CT molecular complexity index is 786. The zero-order valence-corrected chi connectivity index (χ0v) is 15.7. The molecular formula is C21H24N2O4. The lowest BCUT2D eigenvalue weighted by atomic mass is 10.0. The van der Waals surface area contributed by atoms with Crippen molar-refractivity contribution in [1.82, 2.24) is 5.32 Å². The maximum Gasteiger partial charge on any atom is 0.328 e. The SMILES string of the molecule is COC(=O)C(CC(C)C)NC(=O)c1ccc(NC(=O)c2ccccc2)cc1. The summed E-state index contributed by atoms with van der Waals surface area (Å²) in [6.45, 7) is 3.93. The Kier molecular flexibility index (Phi) is 7.11. The highest BCUT2D eigenvalue weighted by Crippen LogP contribution is 2.13. The van der Waals surface area contributed by atoms with Crippen molar-refractivity contribution in [1.29, 1.82) is 0 Å². The molecule has 27 heavy (non-hydrogen) atoms. The Labute approximate surface area is 158 Å². The number of carbonyl (C=O) groups is 3. The number of hydrogen-bond donors (Lipinski definition) is 2. The van der Waals surface area contributed by atoms with Crippen LogP contribution in [-0.2, 0) is 9.53 Å². The van der Waals surface area contributed by atoms with Gasteiger partial charge in [0, 0.05) is 16.8 Å². The van der Waals surface area contributed by atoms with Gasteiger partial charge in [-0.05, 0) is 48.7 Å². The zero-order chi connectivity index (χ0) is 19.8. The zero-order valence-electron chi connectivity index (χ0n) is 15.7. The maximum atomic E-state index is 12.4. The number of hydrogen-bond acceptors (Lipinski definition) is 4. The summed E-state index contributed by atoms with van der Waals surface area (Å²) in [6.07, 6.45) is 0.490. The molecule has 2 amide bonds. The molecular weight excluding hydrogens is 344 g/mol. The molecule has 2 N–H and O–H groups in total. The summed E-state index contributed by atoms with van der Waals surface area (Å²) in [7, 11) is 1.30. The number of esters is 1. The minimum absolute atomic E-state index is 0.226. The second-order valence-corrected chi connectivity index (χ2v) is 6.58. The predicted octanol–water partition coefficient (Wildman–Crippen LogP) is 3.26. The van der Waals surface area contributed by atoms with Gasteiger partial charge in [-0.25, -0.2) is 4.79 Å². The third kappa shape index (κ3) is 5.95. The third-order valence-electron chi connectivity index (χ3n) is 3.94. The summed E-state index contributed by atoms with van der Waals surface area (Å²) in [6, 6.07) is 14.6. The summed E-state index contributed by atoms with van der Waals surface area (Å²) in [5, 5.41) is 5.47. The molecule has 142 valence electrons. The van der Waals surface area contributed by atoms with Crippen molar-refractivity contribution in [3.05, 3.63) is 65.7 Å². The van der Waals surface area contributed by atoms with Gasteiger partial charge in [0.1, 0.15) is 6.04 Å². The van der Waals surface area contributed by atoms with Crippen molar-refractivity contribution in [3.63, 3.8) is 0 Å². The summed E-state index contributed by atoms with van der Waals surface area (Å²) in [4.78, 5) is 36.4. The first-order valence-corrected chi connectivity index (χ1v) is 8.76. The molecule has 0 aliphatic rings. The smallest absolute Gasteiger partial charge is 0.328 e. The number of carbonyl (C=O) groups excluding carboxylic acids is 3. The first kappa shape index (κ1) is 20.2. The highest BCUT2D eigenvalue weighted by molar-refractivity contribution is 6.04. The summed E-state index contributed by atoms with van der Waals surface area (Å²) >= 11 is 0. The number of methoxy groups -OCH3 is 1. The van der Waals surface area contributed by atoms with Crippen LogP contribution in [0.3, 0.4) is 0 Å². The highest BCUT2D eigenvalue weighted by atomic mass is 16.5. The van der Waals surface area contributed by atoms with Crippen molar-refractivity contribution in [2.45, 2.75) is 26.3 Å². The van der Waals surface area contributed by atoms with Crippen LogP contribution in [0.25, 0.3) is 0 Å². The second-order valence-electron chi connectivity index (χ2n) is 6.58. The summed E-state index contributed by atoms with van der Waals surface area (Å²) < 4.78 is 4.75. The molecule has 0 spiro atoms. The van der Waals surface area contributed by atoms with Crippen LogP contribution in [-0.4, -0.2) is 30.9 Å². The van der Waals surface area contributed by atoms with Crippen LogP contribution in [0.15, 0.2) is 54.6 Å². The van der Waals surface area contributed by atoms with E-state index in [1.807, 2.05) is 19.9 Å². The molecule has 0 bridgehead atoms. The van der Waals surface area contributed by atoms with Crippen LogP contribution in [0.2, 0.25) is 0 Å². The molecule has 0 saturated carbocycles. The van der Waals surface area contributed by atoms with Crippen LogP contribution < -0.4 is 10.6 Å². The van der Waals surface area contributed by atoms with Gasteiger partial charge in [-0.15, -0.1) is 0 Å². The molecule has 0 radical (unpaired) electrons. The van der Waals surface area contributed by atoms with Crippen molar-refractivity contribution in [2.24, 2.45) is 5.92 Å². The molecule has 0 aromatic heterocycles. The average Bonchev–Trinajstić information content (AvgIpc) is 2.67. The molecule has 0 fully saturated rings. The monoisotopic (exact) mass is 368 g/mol. The highest BCUT2D eigenvalue weighted by Gasteiger charge is 2.23. The lowest BCUT2D eigenvalue weighted by Crippen LogP contribution is -2.42. The molecule has 0 heterocycles. The third-order valence-corrected chi connectivity index (χ3v) is 3.94. The Hall–Kier alpha value is -3.15. The van der Waals surface area contributed by atoms with Crippen LogP contribution in [0.5, 0.6) is 0 Å². The number of amides is 2. The topological polar surface area (TPSA) is 84.5 Å². The maximum absolute atomic E-state index is 12.4. The van der Waals surface area contributed by atoms with Gasteiger partial charge in [-0.3, -0.25) is 9.59 Å². The van der Waals surface area contributed by atoms with Gasteiger partial charge in [-0.1, -0.05) is 32.0 Å². The van der Waals surface area contributed by atoms with Gasteiger partial charge in [-0.2, -0.15) is 0 Å². The molecule has 6 nitrogen and oxygen atoms in total. The fourth-order valence-electron chi connectivity index (χ4n) is 2.57. The second kappa shape index (κ2) is 9.52. The van der Waals surface area contributed by atoms with Gasteiger partial charge in [0.2, 0.25) is 0 Å². The van der Waals surface area contributed by atoms with E-state index in [1.54, 1.807) is 48.5 Å². The summed E-state index contributed by atoms with van der Waals surface area (Å²) in [5.74, 6) is -0.837. The van der Waals surface area contributed by atoms with E-state index in [0.29, 0.717) is 23.2 Å². The van der Waals surface area contributed by atoms with Crippen molar-refractivity contribution >= 4 is 23.5 Å². The minimum Gasteiger partial charge on any atom is -0.467 e. The lowest BCUT2D eigenvalue weighted by molar-refractivity contribution is -0.143. The van der Waals surface area contributed by atoms with E-state index < -0.39 is 12.0 Å². The number of rotatable bonds is 7. The van der Waals surface area contributed by atoms with Gasteiger partial charge < -0.3 is 15.4 Å². The lowest BCUT2D eigenvalue weighted by Gasteiger charge is -2.18. The normalized spacial score (nSPS) is 11.6. The largest absolute Gasteiger partial charge is 0.467 e. The van der Waals surface area contributed by atoms with E-state index in [-0.39, 0.29) is 17.7 Å².